The van der Waals surface area contributed by atoms with Gasteiger partial charge in [-0.1, -0.05) is 15.9 Å². The third-order valence-electron chi connectivity index (χ3n) is 3.12. The molecule has 0 radical (unpaired) electrons. The van der Waals surface area contributed by atoms with Crippen molar-refractivity contribution in [2.24, 2.45) is 0 Å². The number of amides is 1. The molecule has 3 nitrogen and oxygen atoms in total. The van der Waals surface area contributed by atoms with Gasteiger partial charge in [0.25, 0.3) is 5.91 Å². The fourth-order valence-corrected chi connectivity index (χ4v) is 4.18. The van der Waals surface area contributed by atoms with Gasteiger partial charge in [-0.3, -0.25) is 4.79 Å². The second-order valence-corrected chi connectivity index (χ2v) is 7.08. The fourth-order valence-electron chi connectivity index (χ4n) is 2.24. The van der Waals surface area contributed by atoms with Crippen LogP contribution in [0.4, 0.5) is 0 Å². The third kappa shape index (κ3) is 3.13. The molecule has 0 fully saturated rings. The van der Waals surface area contributed by atoms with Crippen molar-refractivity contribution in [1.82, 2.24) is 4.90 Å². The zero-order chi connectivity index (χ0) is 13.1. The molecule has 0 N–H and O–H groups in total. The van der Waals surface area contributed by atoms with Crippen LogP contribution in [-0.2, 0) is 17.6 Å². The van der Waals surface area contributed by atoms with Crippen LogP contribution in [-0.4, -0.2) is 42.9 Å². The van der Waals surface area contributed by atoms with E-state index in [1.54, 1.807) is 23.3 Å². The van der Waals surface area contributed by atoms with Crippen LogP contribution in [0, 0.1) is 0 Å². The Labute approximate surface area is 120 Å². The minimum atomic E-state index is 0.120. The van der Waals surface area contributed by atoms with Gasteiger partial charge in [0, 0.05) is 25.6 Å². The first-order chi connectivity index (χ1) is 8.61. The van der Waals surface area contributed by atoms with E-state index >= 15 is 0 Å². The molecule has 1 aliphatic rings. The van der Waals surface area contributed by atoms with Gasteiger partial charge in [0.2, 0.25) is 0 Å². The second kappa shape index (κ2) is 6.17. The Morgan fingerprint density at radius 3 is 3.06 bits per heavy atom. The number of thiophene rings is 1. The molecule has 0 spiro atoms. The van der Waals surface area contributed by atoms with Gasteiger partial charge in [-0.2, -0.15) is 0 Å². The van der Waals surface area contributed by atoms with Gasteiger partial charge in [0.15, 0.2) is 0 Å². The first-order valence-corrected chi connectivity index (χ1v) is 7.85. The molecule has 0 bridgehead atoms. The highest BCUT2D eigenvalue weighted by atomic mass is 79.9. The molecular weight excluding hydrogens is 314 g/mol. The molecule has 1 heterocycles. The lowest BCUT2D eigenvalue weighted by Gasteiger charge is -2.19. The van der Waals surface area contributed by atoms with Crippen LogP contribution in [0.1, 0.15) is 26.5 Å². The van der Waals surface area contributed by atoms with Crippen LogP contribution >= 0.6 is 27.3 Å². The molecule has 1 amide bonds. The number of ether oxygens (including phenoxy) is 1. The van der Waals surface area contributed by atoms with Gasteiger partial charge in [-0.25, -0.2) is 0 Å². The first kappa shape index (κ1) is 14.0. The fraction of sp³-hybridized carbons (Fsp3) is 0.615. The highest BCUT2D eigenvalue weighted by molar-refractivity contribution is 9.09. The summed E-state index contributed by atoms with van der Waals surface area (Å²) in [5.41, 5.74) is 1.38. The summed E-state index contributed by atoms with van der Waals surface area (Å²) in [6, 6.07) is 2.07. The number of rotatable bonds is 5. The van der Waals surface area contributed by atoms with E-state index in [2.05, 4.69) is 22.0 Å². The lowest BCUT2D eigenvalue weighted by Crippen LogP contribution is -2.33. The van der Waals surface area contributed by atoms with Crippen molar-refractivity contribution in [1.29, 1.82) is 0 Å². The number of aryl methyl sites for hydroxylation is 2. The smallest absolute Gasteiger partial charge is 0.263 e. The number of hydrogen-bond donors (Lipinski definition) is 0. The molecular formula is C13H18BrNO2S. The molecule has 2 rings (SSSR count). The molecule has 1 aromatic heterocycles. The average molecular weight is 332 g/mol. The highest BCUT2D eigenvalue weighted by Gasteiger charge is 2.21. The number of halogens is 1. The highest BCUT2D eigenvalue weighted by Crippen LogP contribution is 2.31. The molecule has 1 unspecified atom stereocenters. The van der Waals surface area contributed by atoms with Crippen molar-refractivity contribution >= 4 is 33.2 Å². The van der Waals surface area contributed by atoms with Crippen LogP contribution in [0.25, 0.3) is 0 Å². The van der Waals surface area contributed by atoms with Crippen molar-refractivity contribution in [3.8, 4) is 0 Å². The topological polar surface area (TPSA) is 29.5 Å². The maximum Gasteiger partial charge on any atom is 0.263 e. The molecule has 0 saturated heterocycles. The van der Waals surface area contributed by atoms with Crippen LogP contribution in [0.5, 0.6) is 0 Å². The Hall–Kier alpha value is -0.390. The van der Waals surface area contributed by atoms with Crippen molar-refractivity contribution in [2.45, 2.75) is 24.1 Å². The minimum absolute atomic E-state index is 0.120. The van der Waals surface area contributed by atoms with Gasteiger partial charge in [-0.05, 0) is 30.9 Å². The van der Waals surface area contributed by atoms with Crippen LogP contribution < -0.4 is 0 Å². The summed E-state index contributed by atoms with van der Waals surface area (Å²) in [5.74, 6) is 0.120. The van der Waals surface area contributed by atoms with Crippen molar-refractivity contribution in [2.75, 3.05) is 27.3 Å². The van der Waals surface area contributed by atoms with Gasteiger partial charge < -0.3 is 9.64 Å². The Morgan fingerprint density at radius 1 is 1.61 bits per heavy atom. The van der Waals surface area contributed by atoms with E-state index in [-0.39, 0.29) is 10.7 Å². The van der Waals surface area contributed by atoms with Crippen LogP contribution in [0.2, 0.25) is 0 Å². The predicted octanol–water partition coefficient (Wildman–Crippen LogP) is 2.72. The van der Waals surface area contributed by atoms with E-state index < -0.39 is 0 Å². The molecule has 5 heteroatoms. The van der Waals surface area contributed by atoms with Crippen LogP contribution in [0.3, 0.4) is 0 Å². The largest absolute Gasteiger partial charge is 0.383 e. The zero-order valence-electron chi connectivity index (χ0n) is 10.7. The quantitative estimate of drug-likeness (QED) is 0.776. The summed E-state index contributed by atoms with van der Waals surface area (Å²) in [4.78, 5) is 16.5. The van der Waals surface area contributed by atoms with Gasteiger partial charge in [0.1, 0.15) is 0 Å². The Bertz CT molecular complexity index is 411. The molecule has 1 aliphatic carbocycles. The maximum absolute atomic E-state index is 12.3. The third-order valence-corrected chi connectivity index (χ3v) is 4.90. The molecule has 1 aromatic rings. The SMILES string of the molecule is COCC(Br)CN(C)C(=O)c1cc2c(s1)CCC2. The molecule has 0 saturated carbocycles. The number of nitrogens with zero attached hydrogens (tertiary/aromatic N) is 1. The standard InChI is InChI=1S/C13H18BrNO2S/c1-15(7-10(14)8-17-2)13(16)12-6-9-4-3-5-11(9)18-12/h6,10H,3-5,7-8H2,1-2H3. The lowest BCUT2D eigenvalue weighted by molar-refractivity contribution is 0.0789. The van der Waals surface area contributed by atoms with E-state index in [1.807, 2.05) is 7.05 Å². The minimum Gasteiger partial charge on any atom is -0.383 e. The summed E-state index contributed by atoms with van der Waals surface area (Å²) in [6.07, 6.45) is 3.51. The number of fused-ring (bicyclic) bond motifs is 1. The second-order valence-electron chi connectivity index (χ2n) is 4.65. The molecule has 1 atom stereocenters. The molecule has 18 heavy (non-hydrogen) atoms. The number of carbonyl (C=O) groups excluding carboxylic acids is 1. The Balaban J connectivity index is 1.97. The summed E-state index contributed by atoms with van der Waals surface area (Å²) in [7, 11) is 3.51. The van der Waals surface area contributed by atoms with E-state index in [9.17, 15) is 4.79 Å². The van der Waals surface area contributed by atoms with Crippen LogP contribution in [0.15, 0.2) is 6.07 Å². The van der Waals surface area contributed by atoms with Crippen molar-refractivity contribution in [3.63, 3.8) is 0 Å². The number of methoxy groups -OCH3 is 1. The summed E-state index contributed by atoms with van der Waals surface area (Å²) in [6.45, 7) is 1.27. The first-order valence-electron chi connectivity index (χ1n) is 6.12. The van der Waals surface area contributed by atoms with Crippen molar-refractivity contribution < 1.29 is 9.53 Å². The van der Waals surface area contributed by atoms with Gasteiger partial charge >= 0.3 is 0 Å². The van der Waals surface area contributed by atoms with E-state index in [0.29, 0.717) is 13.2 Å². The Kier molecular flexibility index (Phi) is 4.81. The molecule has 0 aliphatic heterocycles. The molecule has 0 aromatic carbocycles. The normalized spacial score (nSPS) is 15.5. The molecule has 100 valence electrons. The Morgan fingerprint density at radius 2 is 2.39 bits per heavy atom. The number of hydrogen-bond acceptors (Lipinski definition) is 3. The van der Waals surface area contributed by atoms with E-state index in [0.717, 1.165) is 17.7 Å². The van der Waals surface area contributed by atoms with Gasteiger partial charge in [-0.15, -0.1) is 11.3 Å². The summed E-state index contributed by atoms with van der Waals surface area (Å²) in [5, 5.41) is 0. The van der Waals surface area contributed by atoms with Crippen molar-refractivity contribution in [3.05, 3.63) is 21.4 Å². The van der Waals surface area contributed by atoms with E-state index in [4.69, 9.17) is 4.74 Å². The maximum atomic E-state index is 12.3. The lowest BCUT2D eigenvalue weighted by atomic mass is 10.2. The van der Waals surface area contributed by atoms with Gasteiger partial charge in [0.05, 0.1) is 16.3 Å². The number of carbonyl (C=O) groups is 1. The zero-order valence-corrected chi connectivity index (χ0v) is 13.1. The van der Waals surface area contributed by atoms with E-state index in [1.165, 1.54) is 16.9 Å². The monoisotopic (exact) mass is 331 g/mol. The summed E-state index contributed by atoms with van der Waals surface area (Å²) < 4.78 is 5.06. The number of alkyl halides is 1. The summed E-state index contributed by atoms with van der Waals surface area (Å²) >= 11 is 5.17. The predicted molar refractivity (Wildman–Crippen MR) is 77.9 cm³/mol. The average Bonchev–Trinajstić information content (AvgIpc) is 2.87.